The summed E-state index contributed by atoms with van der Waals surface area (Å²) in [6.07, 6.45) is 2.09. The molecule has 4 N–H and O–H groups in total. The molecule has 1 aliphatic heterocycles. The smallest absolute Gasteiger partial charge is 0.336 e. The number of phenolic OH excluding ortho intramolecular Hbond substituents is 1. The van der Waals surface area contributed by atoms with Gasteiger partial charge in [-0.3, -0.25) is 4.79 Å². The molecular formula is C20H20N2O8S. The van der Waals surface area contributed by atoms with Crippen LogP contribution in [0.4, 0.5) is 5.69 Å². The quantitative estimate of drug-likeness (QED) is 0.442. The van der Waals surface area contributed by atoms with Crippen LogP contribution in [-0.2, 0) is 27.8 Å². The number of carboxylic acid groups (broad SMARTS) is 2. The van der Waals surface area contributed by atoms with Gasteiger partial charge in [0.1, 0.15) is 12.3 Å². The Bertz CT molecular complexity index is 1160. The average Bonchev–Trinajstić information content (AvgIpc) is 2.96. The maximum atomic E-state index is 11.9. The molecule has 31 heavy (non-hydrogen) atoms. The minimum Gasteiger partial charge on any atom is -0.506 e. The van der Waals surface area contributed by atoms with Crippen LogP contribution >= 0.6 is 0 Å². The number of carbonyl (C=O) groups is 3. The summed E-state index contributed by atoms with van der Waals surface area (Å²) in [5, 5.41) is 28.8. The number of anilines is 1. The molecule has 0 bridgehead atoms. The highest BCUT2D eigenvalue weighted by atomic mass is 32.2. The number of hydrogen-bond acceptors (Lipinski definition) is 6. The van der Waals surface area contributed by atoms with Gasteiger partial charge in [0.15, 0.2) is 0 Å². The van der Waals surface area contributed by atoms with Crippen molar-refractivity contribution >= 4 is 33.7 Å². The highest BCUT2D eigenvalue weighted by Crippen LogP contribution is 2.31. The summed E-state index contributed by atoms with van der Waals surface area (Å²) in [6, 6.07) is 8.82. The van der Waals surface area contributed by atoms with Gasteiger partial charge >= 0.3 is 22.1 Å². The molecule has 0 saturated carbocycles. The van der Waals surface area contributed by atoms with Gasteiger partial charge in [0.05, 0.1) is 16.8 Å². The Balaban J connectivity index is 1.64. The molecule has 164 valence electrons. The number of hydrogen-bond donors (Lipinski definition) is 4. The maximum absolute atomic E-state index is 11.9. The van der Waals surface area contributed by atoms with Gasteiger partial charge in [0, 0.05) is 0 Å². The summed E-state index contributed by atoms with van der Waals surface area (Å²) >= 11 is 0. The number of benzene rings is 2. The van der Waals surface area contributed by atoms with Gasteiger partial charge in [-0.2, -0.15) is 8.42 Å². The molecule has 0 spiro atoms. The third-order valence-electron chi connectivity index (χ3n) is 4.89. The van der Waals surface area contributed by atoms with Crippen LogP contribution in [0, 0.1) is 0 Å². The Morgan fingerprint density at radius 1 is 1.03 bits per heavy atom. The van der Waals surface area contributed by atoms with Gasteiger partial charge in [-0.15, -0.1) is 0 Å². The fourth-order valence-electron chi connectivity index (χ4n) is 3.48. The summed E-state index contributed by atoms with van der Waals surface area (Å²) in [6.45, 7) is -0.406. The Hall–Kier alpha value is -3.60. The molecule has 2 aromatic carbocycles. The summed E-state index contributed by atoms with van der Waals surface area (Å²) in [5.74, 6) is -3.55. The molecule has 0 radical (unpaired) electrons. The van der Waals surface area contributed by atoms with E-state index in [0.29, 0.717) is 31.2 Å². The van der Waals surface area contributed by atoms with Crippen molar-refractivity contribution in [2.75, 3.05) is 10.8 Å². The molecular weight excluding hydrogens is 428 g/mol. The van der Waals surface area contributed by atoms with Crippen LogP contribution in [0.2, 0.25) is 0 Å². The van der Waals surface area contributed by atoms with Crippen molar-refractivity contribution in [2.45, 2.75) is 25.7 Å². The van der Waals surface area contributed by atoms with E-state index in [-0.39, 0.29) is 22.6 Å². The van der Waals surface area contributed by atoms with Gasteiger partial charge in [-0.1, -0.05) is 18.2 Å². The monoisotopic (exact) mass is 448 g/mol. The molecule has 1 fully saturated rings. The van der Waals surface area contributed by atoms with Crippen LogP contribution in [0.5, 0.6) is 5.75 Å². The van der Waals surface area contributed by atoms with Gasteiger partial charge in [0.25, 0.3) is 5.91 Å². The molecule has 3 rings (SSSR count). The lowest BCUT2D eigenvalue weighted by Gasteiger charge is -2.16. The second-order valence-corrected chi connectivity index (χ2v) is 8.61. The standard InChI is InChI=1S/C20H20N2O8S/c23-16-10-12(8-9-15(16)22-11-17(24)21-31(22,29)30)4-1-2-5-13-6-3-7-14(19(25)26)18(13)20(27)28/h3,6-10,23H,1-2,4-5,11H2,(H,21,24)(H,25,26)(H,27,28). The fraction of sp³-hybridized carbons (Fsp3) is 0.250. The third-order valence-corrected chi connectivity index (χ3v) is 6.28. The van der Waals surface area contributed by atoms with E-state index in [9.17, 15) is 38.1 Å². The first-order valence-electron chi connectivity index (χ1n) is 9.34. The van der Waals surface area contributed by atoms with Crippen molar-refractivity contribution in [3.63, 3.8) is 0 Å². The number of nitrogens with one attached hydrogen (secondary N) is 1. The summed E-state index contributed by atoms with van der Waals surface area (Å²) in [7, 11) is -4.01. The van der Waals surface area contributed by atoms with E-state index in [1.54, 1.807) is 12.1 Å². The van der Waals surface area contributed by atoms with Crippen molar-refractivity contribution in [3.8, 4) is 5.75 Å². The van der Waals surface area contributed by atoms with E-state index >= 15 is 0 Å². The van der Waals surface area contributed by atoms with Crippen LogP contribution in [0.25, 0.3) is 0 Å². The van der Waals surface area contributed by atoms with Crippen molar-refractivity contribution in [3.05, 3.63) is 58.7 Å². The Labute approximate surface area is 177 Å². The van der Waals surface area contributed by atoms with Crippen LogP contribution < -0.4 is 9.03 Å². The molecule has 2 aromatic rings. The summed E-state index contributed by atoms with van der Waals surface area (Å²) < 4.78 is 26.4. The van der Waals surface area contributed by atoms with E-state index < -0.39 is 34.6 Å². The zero-order valence-corrected chi connectivity index (χ0v) is 17.1. The molecule has 0 aromatic heterocycles. The zero-order valence-electron chi connectivity index (χ0n) is 16.2. The minimum atomic E-state index is -4.01. The van der Waals surface area contributed by atoms with Crippen molar-refractivity contribution < 1.29 is 38.1 Å². The maximum Gasteiger partial charge on any atom is 0.336 e. The van der Waals surface area contributed by atoms with Crippen LogP contribution in [0.3, 0.4) is 0 Å². The molecule has 10 nitrogen and oxygen atoms in total. The molecule has 0 unspecified atom stereocenters. The minimum absolute atomic E-state index is 0.00122. The Morgan fingerprint density at radius 3 is 2.32 bits per heavy atom. The number of aromatic carboxylic acids is 2. The number of carboxylic acids is 2. The predicted octanol–water partition coefficient (Wildman–Crippen LogP) is 1.53. The molecule has 11 heteroatoms. The van der Waals surface area contributed by atoms with E-state index in [0.717, 1.165) is 9.87 Å². The molecule has 1 aliphatic rings. The largest absolute Gasteiger partial charge is 0.506 e. The number of amides is 1. The first kappa shape index (κ1) is 22.1. The normalized spacial score (nSPS) is 15.0. The van der Waals surface area contributed by atoms with E-state index in [1.165, 1.54) is 24.3 Å². The van der Waals surface area contributed by atoms with Crippen molar-refractivity contribution in [1.29, 1.82) is 0 Å². The SMILES string of the molecule is O=C1CN(c2ccc(CCCCc3cccc(C(=O)O)c3C(=O)O)cc2O)S(=O)(=O)N1. The lowest BCUT2D eigenvalue weighted by molar-refractivity contribution is -0.117. The fourth-order valence-corrected chi connectivity index (χ4v) is 4.64. The summed E-state index contributed by atoms with van der Waals surface area (Å²) in [5.41, 5.74) is 0.692. The van der Waals surface area contributed by atoms with Crippen molar-refractivity contribution in [2.24, 2.45) is 0 Å². The number of carbonyl (C=O) groups excluding carboxylic acids is 1. The van der Waals surface area contributed by atoms with Crippen LogP contribution in [-0.4, -0.2) is 48.1 Å². The van der Waals surface area contributed by atoms with Crippen LogP contribution in [0.15, 0.2) is 36.4 Å². The van der Waals surface area contributed by atoms with Gasteiger partial charge < -0.3 is 15.3 Å². The number of unbranched alkanes of at least 4 members (excludes halogenated alkanes) is 1. The average molecular weight is 448 g/mol. The van der Waals surface area contributed by atoms with Crippen molar-refractivity contribution in [1.82, 2.24) is 4.72 Å². The third kappa shape index (κ3) is 4.77. The first-order chi connectivity index (χ1) is 14.6. The van der Waals surface area contributed by atoms with E-state index in [4.69, 9.17) is 0 Å². The molecule has 1 saturated heterocycles. The lowest BCUT2D eigenvalue weighted by atomic mass is 9.96. The second-order valence-electron chi connectivity index (χ2n) is 7.02. The predicted molar refractivity (Wildman–Crippen MR) is 110 cm³/mol. The zero-order chi connectivity index (χ0) is 22.8. The number of phenols is 1. The number of aromatic hydroxyl groups is 1. The molecule has 1 heterocycles. The second kappa shape index (κ2) is 8.64. The number of nitrogens with zero attached hydrogens (tertiary/aromatic N) is 1. The Kier molecular flexibility index (Phi) is 6.16. The Morgan fingerprint density at radius 2 is 1.74 bits per heavy atom. The highest BCUT2D eigenvalue weighted by Gasteiger charge is 2.35. The van der Waals surface area contributed by atoms with E-state index in [2.05, 4.69) is 0 Å². The number of aryl methyl sites for hydroxylation is 2. The topological polar surface area (TPSA) is 161 Å². The number of rotatable bonds is 8. The van der Waals surface area contributed by atoms with E-state index in [1.807, 2.05) is 4.72 Å². The van der Waals surface area contributed by atoms with Crippen LogP contribution in [0.1, 0.15) is 44.7 Å². The van der Waals surface area contributed by atoms with Gasteiger partial charge in [-0.25, -0.2) is 18.6 Å². The molecule has 0 aliphatic carbocycles. The lowest BCUT2D eigenvalue weighted by Crippen LogP contribution is -2.29. The molecule has 1 amide bonds. The van der Waals surface area contributed by atoms with Gasteiger partial charge in [-0.05, 0) is 55.0 Å². The van der Waals surface area contributed by atoms with Gasteiger partial charge in [0.2, 0.25) is 0 Å². The summed E-state index contributed by atoms with van der Waals surface area (Å²) in [4.78, 5) is 34.1. The molecule has 0 atom stereocenters. The highest BCUT2D eigenvalue weighted by molar-refractivity contribution is 7.92. The first-order valence-corrected chi connectivity index (χ1v) is 10.8.